The van der Waals surface area contributed by atoms with Crippen LogP contribution in [0.3, 0.4) is 0 Å². The lowest BCUT2D eigenvalue weighted by atomic mass is 10.3. The van der Waals surface area contributed by atoms with Gasteiger partial charge in [-0.3, -0.25) is 0 Å². The van der Waals surface area contributed by atoms with Crippen molar-refractivity contribution in [1.29, 1.82) is 0 Å². The van der Waals surface area contributed by atoms with Crippen molar-refractivity contribution in [2.24, 2.45) is 0 Å². The highest BCUT2D eigenvalue weighted by molar-refractivity contribution is 5.86. The van der Waals surface area contributed by atoms with Gasteiger partial charge in [-0.15, -0.1) is 0 Å². The average Bonchev–Trinajstić information content (AvgIpc) is 2.10. The molecule has 13 heavy (non-hydrogen) atoms. The largest absolute Gasteiger partial charge is 0.495 e. The van der Waals surface area contributed by atoms with Crippen LogP contribution in [0.25, 0.3) is 0 Å². The van der Waals surface area contributed by atoms with Crippen LogP contribution < -0.4 is 0 Å². The van der Waals surface area contributed by atoms with E-state index in [4.69, 9.17) is 14.6 Å². The number of allylic oxidation sites excluding steroid dienone is 1. The predicted molar refractivity (Wildman–Crippen MR) is 48.5 cm³/mol. The molecule has 0 unspecified atom stereocenters. The molecular weight excluding hydrogens is 172 g/mol. The Morgan fingerprint density at radius 3 is 2.38 bits per heavy atom. The lowest BCUT2D eigenvalue weighted by Crippen LogP contribution is -2.06. The summed E-state index contributed by atoms with van der Waals surface area (Å²) in [5.41, 5.74) is 0.233. The van der Waals surface area contributed by atoms with Crippen LogP contribution in [0.4, 0.5) is 0 Å². The standard InChI is InChI=1S/C9H16O4/c1-4-12-5-6-13-8(3)7(2)9(10)11/h4-6H2,1-3H3,(H,10,11)/b8-7+. The number of carboxylic acid groups (broad SMARTS) is 1. The number of carbonyl (C=O) groups is 1. The van der Waals surface area contributed by atoms with Crippen molar-refractivity contribution in [1.82, 2.24) is 0 Å². The first-order valence-electron chi connectivity index (χ1n) is 4.20. The molecule has 0 rings (SSSR count). The van der Waals surface area contributed by atoms with E-state index >= 15 is 0 Å². The summed E-state index contributed by atoms with van der Waals surface area (Å²) in [5.74, 6) is -0.513. The van der Waals surface area contributed by atoms with Gasteiger partial charge in [0, 0.05) is 6.61 Å². The highest BCUT2D eigenvalue weighted by atomic mass is 16.5. The van der Waals surface area contributed by atoms with Gasteiger partial charge in [0.2, 0.25) is 0 Å². The van der Waals surface area contributed by atoms with E-state index in [1.807, 2.05) is 6.92 Å². The third-order valence-electron chi connectivity index (χ3n) is 1.60. The van der Waals surface area contributed by atoms with E-state index in [-0.39, 0.29) is 5.57 Å². The zero-order valence-corrected chi connectivity index (χ0v) is 8.29. The fraction of sp³-hybridized carbons (Fsp3) is 0.667. The Morgan fingerprint density at radius 2 is 1.92 bits per heavy atom. The molecule has 0 heterocycles. The summed E-state index contributed by atoms with van der Waals surface area (Å²) in [6.07, 6.45) is 0. The molecule has 76 valence electrons. The van der Waals surface area contributed by atoms with Crippen LogP contribution in [0.5, 0.6) is 0 Å². The summed E-state index contributed by atoms with van der Waals surface area (Å²) in [4.78, 5) is 10.5. The van der Waals surface area contributed by atoms with Crippen molar-refractivity contribution >= 4 is 5.97 Å². The Hall–Kier alpha value is -1.03. The molecule has 0 atom stereocenters. The van der Waals surface area contributed by atoms with Crippen molar-refractivity contribution in [3.05, 3.63) is 11.3 Å². The number of hydrogen-bond acceptors (Lipinski definition) is 3. The molecule has 0 bridgehead atoms. The molecule has 1 N–H and O–H groups in total. The van der Waals surface area contributed by atoms with E-state index in [1.54, 1.807) is 6.92 Å². The van der Waals surface area contributed by atoms with Gasteiger partial charge in [-0.2, -0.15) is 0 Å². The predicted octanol–water partition coefficient (Wildman–Crippen LogP) is 1.42. The maximum atomic E-state index is 10.5. The Labute approximate surface area is 78.2 Å². The van der Waals surface area contributed by atoms with E-state index in [9.17, 15) is 4.79 Å². The second-order valence-corrected chi connectivity index (χ2v) is 2.53. The Bertz CT molecular complexity index is 196. The van der Waals surface area contributed by atoms with Gasteiger partial charge < -0.3 is 14.6 Å². The highest BCUT2D eigenvalue weighted by Gasteiger charge is 2.05. The van der Waals surface area contributed by atoms with Gasteiger partial charge in [-0.1, -0.05) is 0 Å². The summed E-state index contributed by atoms with van der Waals surface area (Å²) in [7, 11) is 0. The monoisotopic (exact) mass is 188 g/mol. The first kappa shape index (κ1) is 12.0. The van der Waals surface area contributed by atoms with E-state index in [0.29, 0.717) is 25.6 Å². The van der Waals surface area contributed by atoms with E-state index in [0.717, 1.165) is 0 Å². The zero-order valence-electron chi connectivity index (χ0n) is 8.29. The molecule has 4 nitrogen and oxygen atoms in total. The third-order valence-corrected chi connectivity index (χ3v) is 1.60. The molecule has 0 aromatic heterocycles. The molecule has 0 spiro atoms. The SMILES string of the molecule is CCOCCO/C(C)=C(\C)C(=O)O. The van der Waals surface area contributed by atoms with Crippen LogP contribution in [-0.2, 0) is 14.3 Å². The summed E-state index contributed by atoms with van der Waals surface area (Å²) in [5, 5.41) is 8.59. The van der Waals surface area contributed by atoms with Gasteiger partial charge in [-0.05, 0) is 20.8 Å². The van der Waals surface area contributed by atoms with Crippen LogP contribution in [0.15, 0.2) is 11.3 Å². The van der Waals surface area contributed by atoms with E-state index < -0.39 is 5.97 Å². The normalized spacial score (nSPS) is 12.2. The summed E-state index contributed by atoms with van der Waals surface area (Å²) in [6, 6.07) is 0. The molecule has 0 saturated heterocycles. The topological polar surface area (TPSA) is 55.8 Å². The van der Waals surface area contributed by atoms with Crippen molar-refractivity contribution in [3.63, 3.8) is 0 Å². The van der Waals surface area contributed by atoms with Crippen molar-refractivity contribution in [3.8, 4) is 0 Å². The van der Waals surface area contributed by atoms with Gasteiger partial charge in [0.1, 0.15) is 12.4 Å². The Balaban J connectivity index is 3.79. The van der Waals surface area contributed by atoms with Crippen molar-refractivity contribution in [2.75, 3.05) is 19.8 Å². The Morgan fingerprint density at radius 1 is 1.31 bits per heavy atom. The summed E-state index contributed by atoms with van der Waals surface area (Å²) < 4.78 is 10.2. The number of aliphatic carboxylic acids is 1. The van der Waals surface area contributed by atoms with E-state index in [2.05, 4.69) is 0 Å². The van der Waals surface area contributed by atoms with Gasteiger partial charge in [0.05, 0.1) is 12.2 Å². The minimum Gasteiger partial charge on any atom is -0.495 e. The summed E-state index contributed by atoms with van der Waals surface area (Å²) >= 11 is 0. The smallest absolute Gasteiger partial charge is 0.334 e. The summed E-state index contributed by atoms with van der Waals surface area (Å²) in [6.45, 7) is 6.56. The second-order valence-electron chi connectivity index (χ2n) is 2.53. The van der Waals surface area contributed by atoms with Gasteiger partial charge in [0.15, 0.2) is 0 Å². The van der Waals surface area contributed by atoms with Gasteiger partial charge in [0.25, 0.3) is 0 Å². The molecule has 0 amide bonds. The highest BCUT2D eigenvalue weighted by Crippen LogP contribution is 2.04. The second kappa shape index (κ2) is 6.48. The first-order chi connectivity index (χ1) is 6.09. The van der Waals surface area contributed by atoms with Crippen LogP contribution >= 0.6 is 0 Å². The quantitative estimate of drug-likeness (QED) is 0.389. The zero-order chi connectivity index (χ0) is 10.3. The molecule has 0 saturated carbocycles. The fourth-order valence-corrected chi connectivity index (χ4v) is 0.657. The van der Waals surface area contributed by atoms with Crippen molar-refractivity contribution < 1.29 is 19.4 Å². The van der Waals surface area contributed by atoms with Gasteiger partial charge >= 0.3 is 5.97 Å². The number of ether oxygens (including phenoxy) is 2. The van der Waals surface area contributed by atoms with Gasteiger partial charge in [-0.25, -0.2) is 4.79 Å². The molecule has 0 radical (unpaired) electrons. The van der Waals surface area contributed by atoms with Crippen molar-refractivity contribution in [2.45, 2.75) is 20.8 Å². The van der Waals surface area contributed by atoms with Crippen LogP contribution in [0.1, 0.15) is 20.8 Å². The number of rotatable bonds is 6. The molecule has 0 aliphatic rings. The molecule has 0 aliphatic heterocycles. The molecule has 0 aromatic rings. The number of hydrogen-bond donors (Lipinski definition) is 1. The Kier molecular flexibility index (Phi) is 5.97. The van der Waals surface area contributed by atoms with Crippen LogP contribution in [0, 0.1) is 0 Å². The molecule has 0 fully saturated rings. The number of carboxylic acids is 1. The molecule has 0 aliphatic carbocycles. The third kappa shape index (κ3) is 5.25. The maximum absolute atomic E-state index is 10.5. The lowest BCUT2D eigenvalue weighted by molar-refractivity contribution is -0.132. The first-order valence-corrected chi connectivity index (χ1v) is 4.20. The fourth-order valence-electron chi connectivity index (χ4n) is 0.657. The molecule has 4 heteroatoms. The minimum absolute atomic E-state index is 0.233. The lowest BCUT2D eigenvalue weighted by Gasteiger charge is -2.07. The van der Waals surface area contributed by atoms with Crippen LogP contribution in [-0.4, -0.2) is 30.9 Å². The van der Waals surface area contributed by atoms with Crippen LogP contribution in [0.2, 0.25) is 0 Å². The van der Waals surface area contributed by atoms with E-state index in [1.165, 1.54) is 6.92 Å². The average molecular weight is 188 g/mol. The maximum Gasteiger partial charge on any atom is 0.334 e. The molecular formula is C9H16O4. The minimum atomic E-state index is -0.950. The molecule has 0 aromatic carbocycles.